The van der Waals surface area contributed by atoms with E-state index >= 15 is 0 Å². The molecule has 1 aliphatic carbocycles. The van der Waals surface area contributed by atoms with Gasteiger partial charge in [-0.05, 0) is 55.4 Å². The number of piperidine rings is 1. The van der Waals surface area contributed by atoms with Crippen LogP contribution >= 0.6 is 0 Å². The SMILES string of the molecule is CCC.C[C@@H]1CC[C@@H](N2CCCC(C)(C)C2)CC1(C)C. The van der Waals surface area contributed by atoms with Gasteiger partial charge in [-0.1, -0.05) is 54.9 Å². The van der Waals surface area contributed by atoms with Gasteiger partial charge in [0.05, 0.1) is 0 Å². The maximum absolute atomic E-state index is 2.80. The number of rotatable bonds is 1. The van der Waals surface area contributed by atoms with E-state index in [4.69, 9.17) is 0 Å². The van der Waals surface area contributed by atoms with Gasteiger partial charge >= 0.3 is 0 Å². The molecule has 0 unspecified atom stereocenters. The minimum Gasteiger partial charge on any atom is -0.300 e. The van der Waals surface area contributed by atoms with Gasteiger partial charge in [-0.15, -0.1) is 0 Å². The molecule has 0 spiro atoms. The van der Waals surface area contributed by atoms with Crippen molar-refractivity contribution >= 4 is 0 Å². The van der Waals surface area contributed by atoms with Crippen LogP contribution in [0.5, 0.6) is 0 Å². The third kappa shape index (κ3) is 5.06. The summed E-state index contributed by atoms with van der Waals surface area (Å²) in [5.74, 6) is 0.900. The fraction of sp³-hybridized carbons (Fsp3) is 1.00. The molecule has 0 bridgehead atoms. The summed E-state index contributed by atoms with van der Waals surface area (Å²) in [6, 6.07) is 0.862. The molecule has 1 heteroatoms. The van der Waals surface area contributed by atoms with E-state index in [0.717, 1.165) is 12.0 Å². The van der Waals surface area contributed by atoms with Gasteiger partial charge in [-0.3, -0.25) is 4.90 Å². The van der Waals surface area contributed by atoms with Crippen molar-refractivity contribution in [1.29, 1.82) is 0 Å². The Hall–Kier alpha value is -0.0400. The standard InChI is InChI=1S/C16H31N.C3H8/c1-13-7-8-14(11-16(13,4)5)17-10-6-9-15(2,3)12-17;1-3-2/h13-14H,6-12H2,1-5H3;3H2,1-2H3/t13-,14-;/m1./s1. The van der Waals surface area contributed by atoms with E-state index in [1.165, 1.54) is 51.6 Å². The lowest BCUT2D eigenvalue weighted by Gasteiger charge is -2.48. The average molecular weight is 282 g/mol. The zero-order chi connectivity index (χ0) is 15.4. The summed E-state index contributed by atoms with van der Waals surface area (Å²) >= 11 is 0. The van der Waals surface area contributed by atoms with Crippen molar-refractivity contribution in [1.82, 2.24) is 4.90 Å². The molecule has 0 aromatic carbocycles. The second-order valence-electron chi connectivity index (χ2n) is 8.77. The van der Waals surface area contributed by atoms with Gasteiger partial charge in [0.15, 0.2) is 0 Å². The first-order valence-electron chi connectivity index (χ1n) is 8.96. The van der Waals surface area contributed by atoms with Gasteiger partial charge in [0.2, 0.25) is 0 Å². The molecule has 2 fully saturated rings. The molecule has 2 aliphatic rings. The Kier molecular flexibility index (Phi) is 6.57. The molecule has 0 aromatic rings. The van der Waals surface area contributed by atoms with Gasteiger partial charge < -0.3 is 0 Å². The molecule has 120 valence electrons. The summed E-state index contributed by atoms with van der Waals surface area (Å²) in [7, 11) is 0. The average Bonchev–Trinajstić information content (AvgIpc) is 2.32. The van der Waals surface area contributed by atoms with Crippen LogP contribution < -0.4 is 0 Å². The predicted octanol–water partition coefficient (Wildman–Crippen LogP) is 5.74. The Morgan fingerprint density at radius 1 is 1.05 bits per heavy atom. The fourth-order valence-corrected chi connectivity index (χ4v) is 3.84. The fourth-order valence-electron chi connectivity index (χ4n) is 3.84. The minimum absolute atomic E-state index is 0.546. The smallest absolute Gasteiger partial charge is 0.0101 e. The Balaban J connectivity index is 0.000000612. The Bertz CT molecular complexity index is 279. The van der Waals surface area contributed by atoms with Crippen LogP contribution in [0, 0.1) is 16.7 Å². The van der Waals surface area contributed by atoms with Crippen molar-refractivity contribution in [2.45, 2.75) is 93.0 Å². The third-order valence-corrected chi connectivity index (χ3v) is 5.48. The topological polar surface area (TPSA) is 3.24 Å². The normalized spacial score (nSPS) is 33.1. The number of nitrogens with zero attached hydrogens (tertiary/aromatic N) is 1. The first-order chi connectivity index (χ1) is 9.22. The number of hydrogen-bond donors (Lipinski definition) is 0. The maximum Gasteiger partial charge on any atom is 0.0101 e. The molecule has 0 N–H and O–H groups in total. The van der Waals surface area contributed by atoms with Crippen molar-refractivity contribution < 1.29 is 0 Å². The van der Waals surface area contributed by atoms with Gasteiger partial charge in [0, 0.05) is 12.6 Å². The molecule has 1 saturated heterocycles. The second-order valence-corrected chi connectivity index (χ2v) is 8.77. The van der Waals surface area contributed by atoms with Crippen LogP contribution in [0.15, 0.2) is 0 Å². The largest absolute Gasteiger partial charge is 0.300 e. The van der Waals surface area contributed by atoms with E-state index in [1.54, 1.807) is 0 Å². The van der Waals surface area contributed by atoms with E-state index in [1.807, 2.05) is 0 Å². The molecule has 0 aromatic heterocycles. The summed E-state index contributed by atoms with van der Waals surface area (Å²) in [4.78, 5) is 2.80. The molecule has 1 saturated carbocycles. The van der Waals surface area contributed by atoms with Crippen molar-refractivity contribution in [3.05, 3.63) is 0 Å². The van der Waals surface area contributed by atoms with E-state index in [0.29, 0.717) is 10.8 Å². The van der Waals surface area contributed by atoms with E-state index in [9.17, 15) is 0 Å². The quantitative estimate of drug-likeness (QED) is 0.592. The molecule has 0 radical (unpaired) electrons. The van der Waals surface area contributed by atoms with Crippen LogP contribution in [0.2, 0.25) is 0 Å². The molecule has 1 nitrogen and oxygen atoms in total. The monoisotopic (exact) mass is 281 g/mol. The summed E-state index contributed by atoms with van der Waals surface area (Å²) in [6.07, 6.45) is 8.33. The van der Waals surface area contributed by atoms with Crippen molar-refractivity contribution in [2.24, 2.45) is 16.7 Å². The molecule has 20 heavy (non-hydrogen) atoms. The van der Waals surface area contributed by atoms with Crippen LogP contribution in [-0.4, -0.2) is 24.0 Å². The van der Waals surface area contributed by atoms with Gasteiger partial charge in [-0.25, -0.2) is 0 Å². The third-order valence-electron chi connectivity index (χ3n) is 5.48. The first kappa shape index (κ1) is 18.0. The molecule has 1 aliphatic heterocycles. The molecular formula is C19H39N. The van der Waals surface area contributed by atoms with E-state index < -0.39 is 0 Å². The van der Waals surface area contributed by atoms with Crippen LogP contribution in [0.25, 0.3) is 0 Å². The lowest BCUT2D eigenvalue weighted by atomic mass is 9.67. The predicted molar refractivity (Wildman–Crippen MR) is 91.1 cm³/mol. The molecule has 2 atom stereocenters. The molecule has 1 heterocycles. The van der Waals surface area contributed by atoms with Crippen LogP contribution in [0.4, 0.5) is 0 Å². The lowest BCUT2D eigenvalue weighted by molar-refractivity contribution is 0.0134. The Labute approximate surface area is 128 Å². The number of likely N-dealkylation sites (tertiary alicyclic amines) is 1. The highest BCUT2D eigenvalue weighted by molar-refractivity contribution is 4.91. The van der Waals surface area contributed by atoms with E-state index in [-0.39, 0.29) is 0 Å². The van der Waals surface area contributed by atoms with Crippen LogP contribution in [0.1, 0.15) is 87.0 Å². The Morgan fingerprint density at radius 2 is 1.65 bits per heavy atom. The molecule has 2 rings (SSSR count). The van der Waals surface area contributed by atoms with Crippen molar-refractivity contribution in [2.75, 3.05) is 13.1 Å². The van der Waals surface area contributed by atoms with Gasteiger partial charge in [0.1, 0.15) is 0 Å². The summed E-state index contributed by atoms with van der Waals surface area (Å²) in [5.41, 5.74) is 1.09. The minimum atomic E-state index is 0.546. The highest BCUT2D eigenvalue weighted by atomic mass is 15.2. The summed E-state index contributed by atoms with van der Waals surface area (Å²) in [6.45, 7) is 19.2. The van der Waals surface area contributed by atoms with Crippen LogP contribution in [0.3, 0.4) is 0 Å². The first-order valence-corrected chi connectivity index (χ1v) is 8.96. The van der Waals surface area contributed by atoms with Gasteiger partial charge in [-0.2, -0.15) is 0 Å². The van der Waals surface area contributed by atoms with Gasteiger partial charge in [0.25, 0.3) is 0 Å². The van der Waals surface area contributed by atoms with Crippen molar-refractivity contribution in [3.63, 3.8) is 0 Å². The molecular weight excluding hydrogens is 242 g/mol. The highest BCUT2D eigenvalue weighted by Gasteiger charge is 2.38. The second kappa shape index (κ2) is 7.29. The Morgan fingerprint density at radius 3 is 2.15 bits per heavy atom. The highest BCUT2D eigenvalue weighted by Crippen LogP contribution is 2.43. The van der Waals surface area contributed by atoms with Crippen molar-refractivity contribution in [3.8, 4) is 0 Å². The molecule has 0 amide bonds. The zero-order valence-electron chi connectivity index (χ0n) is 15.3. The summed E-state index contributed by atoms with van der Waals surface area (Å²) < 4.78 is 0. The van der Waals surface area contributed by atoms with Crippen LogP contribution in [-0.2, 0) is 0 Å². The number of hydrogen-bond acceptors (Lipinski definition) is 1. The lowest BCUT2D eigenvalue weighted by Crippen LogP contribution is -2.49. The van der Waals surface area contributed by atoms with E-state index in [2.05, 4.69) is 53.4 Å². The zero-order valence-corrected chi connectivity index (χ0v) is 15.3. The summed E-state index contributed by atoms with van der Waals surface area (Å²) in [5, 5.41) is 0. The maximum atomic E-state index is 2.80.